The van der Waals surface area contributed by atoms with Crippen LogP contribution in [0.15, 0.2) is 54.6 Å². The molecule has 3 aromatic rings. The molecule has 2 aromatic carbocycles. The van der Waals surface area contributed by atoms with E-state index in [1.54, 1.807) is 11.3 Å². The van der Waals surface area contributed by atoms with Gasteiger partial charge in [-0.1, -0.05) is 56.3 Å². The van der Waals surface area contributed by atoms with Crippen LogP contribution < -0.4 is 16.0 Å². The molecule has 1 atom stereocenters. The fourth-order valence-electron chi connectivity index (χ4n) is 2.77. The van der Waals surface area contributed by atoms with Crippen molar-refractivity contribution in [1.82, 2.24) is 20.9 Å². The monoisotopic (exact) mass is 396 g/mol. The smallest absolute Gasteiger partial charge is 0.315 e. The summed E-state index contributed by atoms with van der Waals surface area (Å²) >= 11 is 1.55. The molecule has 1 heterocycles. The third-order valence-corrected chi connectivity index (χ3v) is 5.32. The molecule has 0 spiro atoms. The molecule has 1 unspecified atom stereocenters. The zero-order valence-corrected chi connectivity index (χ0v) is 16.8. The van der Waals surface area contributed by atoms with Crippen molar-refractivity contribution in [3.8, 4) is 0 Å². The minimum Gasteiger partial charge on any atom is -0.348 e. The summed E-state index contributed by atoms with van der Waals surface area (Å²) in [6.45, 7) is 4.55. The summed E-state index contributed by atoms with van der Waals surface area (Å²) in [5, 5.41) is 9.29. The van der Waals surface area contributed by atoms with E-state index >= 15 is 0 Å². The number of para-hydroxylation sites is 1. The maximum Gasteiger partial charge on any atom is 0.315 e. The molecule has 146 valence electrons. The van der Waals surface area contributed by atoms with Crippen LogP contribution in [0.2, 0.25) is 0 Å². The van der Waals surface area contributed by atoms with Crippen LogP contribution in [0.25, 0.3) is 10.2 Å². The topological polar surface area (TPSA) is 83.1 Å². The zero-order valence-electron chi connectivity index (χ0n) is 15.9. The highest BCUT2D eigenvalue weighted by atomic mass is 32.1. The number of fused-ring (bicyclic) bond motifs is 1. The number of hydrogen-bond donors (Lipinski definition) is 3. The number of rotatable bonds is 7. The second-order valence-electron chi connectivity index (χ2n) is 6.83. The van der Waals surface area contributed by atoms with Crippen molar-refractivity contribution in [1.29, 1.82) is 0 Å². The molecule has 0 fully saturated rings. The number of hydrogen-bond acceptors (Lipinski definition) is 4. The molecule has 1 aromatic heterocycles. The van der Waals surface area contributed by atoms with Gasteiger partial charge in [0.1, 0.15) is 11.0 Å². The van der Waals surface area contributed by atoms with Gasteiger partial charge in [0.05, 0.1) is 16.8 Å². The van der Waals surface area contributed by atoms with Gasteiger partial charge in [0.2, 0.25) is 5.91 Å². The number of amides is 3. The molecule has 6 nitrogen and oxygen atoms in total. The van der Waals surface area contributed by atoms with E-state index in [1.165, 1.54) is 0 Å². The first-order valence-corrected chi connectivity index (χ1v) is 10.0. The molecule has 0 saturated carbocycles. The molecule has 0 aliphatic heterocycles. The van der Waals surface area contributed by atoms with Crippen LogP contribution in [0.5, 0.6) is 0 Å². The number of carbonyl (C=O) groups excluding carboxylic acids is 2. The van der Waals surface area contributed by atoms with Crippen LogP contribution in [0.3, 0.4) is 0 Å². The second-order valence-corrected chi connectivity index (χ2v) is 7.94. The van der Waals surface area contributed by atoms with Crippen molar-refractivity contribution in [2.75, 3.05) is 0 Å². The molecule has 28 heavy (non-hydrogen) atoms. The molecule has 3 N–H and O–H groups in total. The molecule has 0 aliphatic rings. The largest absolute Gasteiger partial charge is 0.348 e. The van der Waals surface area contributed by atoms with Crippen LogP contribution in [-0.4, -0.2) is 23.0 Å². The number of nitrogens with one attached hydrogen (secondary N) is 3. The second kappa shape index (κ2) is 9.32. The van der Waals surface area contributed by atoms with Crippen LogP contribution >= 0.6 is 11.3 Å². The molecule has 0 aliphatic carbocycles. The summed E-state index contributed by atoms with van der Waals surface area (Å²) in [5.74, 6) is -0.262. The lowest BCUT2D eigenvalue weighted by Gasteiger charge is -2.21. The predicted molar refractivity (Wildman–Crippen MR) is 112 cm³/mol. The van der Waals surface area contributed by atoms with Crippen LogP contribution in [0, 0.1) is 5.92 Å². The third-order valence-electron chi connectivity index (χ3n) is 4.28. The van der Waals surface area contributed by atoms with Crippen molar-refractivity contribution < 1.29 is 9.59 Å². The van der Waals surface area contributed by atoms with Gasteiger partial charge >= 0.3 is 6.03 Å². The van der Waals surface area contributed by atoms with Gasteiger partial charge in [-0.2, -0.15) is 0 Å². The summed E-state index contributed by atoms with van der Waals surface area (Å²) < 4.78 is 1.09. The standard InChI is InChI=1S/C21H24N4O2S/c1-14(2)19(25-21(27)23-12-15-8-4-3-5-9-15)20(26)22-13-18-24-16-10-6-7-11-17(16)28-18/h3-11,14,19H,12-13H2,1-2H3,(H,22,26)(H2,23,25,27). The fourth-order valence-corrected chi connectivity index (χ4v) is 3.68. The Kier molecular flexibility index (Phi) is 6.60. The Hall–Kier alpha value is -2.93. The number of nitrogens with zero attached hydrogens (tertiary/aromatic N) is 1. The SMILES string of the molecule is CC(C)C(NC(=O)NCc1ccccc1)C(=O)NCc1nc2ccccc2s1. The first-order chi connectivity index (χ1) is 13.5. The van der Waals surface area contributed by atoms with E-state index in [1.807, 2.05) is 68.4 Å². The molecule has 0 radical (unpaired) electrons. The predicted octanol–water partition coefficient (Wildman–Crippen LogP) is 3.44. The van der Waals surface area contributed by atoms with E-state index in [-0.39, 0.29) is 17.9 Å². The molecular formula is C21H24N4O2S. The normalized spacial score (nSPS) is 12.0. The Labute approximate surface area is 168 Å². The minimum absolute atomic E-state index is 0.0437. The summed E-state index contributed by atoms with van der Waals surface area (Å²) in [6.07, 6.45) is 0. The molecular weight excluding hydrogens is 372 g/mol. The number of thiazole rings is 1. The van der Waals surface area contributed by atoms with E-state index in [9.17, 15) is 9.59 Å². The van der Waals surface area contributed by atoms with Crippen molar-refractivity contribution >= 4 is 33.5 Å². The van der Waals surface area contributed by atoms with E-state index in [4.69, 9.17) is 0 Å². The van der Waals surface area contributed by atoms with Gasteiger partial charge in [-0.05, 0) is 23.6 Å². The molecule has 0 bridgehead atoms. The highest BCUT2D eigenvalue weighted by Gasteiger charge is 2.24. The first-order valence-electron chi connectivity index (χ1n) is 9.23. The van der Waals surface area contributed by atoms with Crippen molar-refractivity contribution in [3.05, 3.63) is 65.2 Å². The minimum atomic E-state index is -0.620. The average Bonchev–Trinajstić information content (AvgIpc) is 3.12. The Morgan fingerprint density at radius 2 is 1.68 bits per heavy atom. The molecule has 0 saturated heterocycles. The highest BCUT2D eigenvalue weighted by Crippen LogP contribution is 2.21. The lowest BCUT2D eigenvalue weighted by molar-refractivity contribution is -0.124. The quantitative estimate of drug-likeness (QED) is 0.572. The van der Waals surface area contributed by atoms with Gasteiger partial charge in [-0.15, -0.1) is 11.3 Å². The number of aromatic nitrogens is 1. The number of benzene rings is 2. The number of carbonyl (C=O) groups is 2. The maximum atomic E-state index is 12.6. The third kappa shape index (κ3) is 5.29. The van der Waals surface area contributed by atoms with Crippen LogP contribution in [0.1, 0.15) is 24.4 Å². The van der Waals surface area contributed by atoms with Crippen molar-refractivity contribution in [3.63, 3.8) is 0 Å². The van der Waals surface area contributed by atoms with E-state index in [0.29, 0.717) is 13.1 Å². The molecule has 7 heteroatoms. The van der Waals surface area contributed by atoms with Gasteiger partial charge in [0.25, 0.3) is 0 Å². The van der Waals surface area contributed by atoms with Crippen LogP contribution in [0.4, 0.5) is 4.79 Å². The Morgan fingerprint density at radius 3 is 2.39 bits per heavy atom. The van der Waals surface area contributed by atoms with Crippen LogP contribution in [-0.2, 0) is 17.9 Å². The summed E-state index contributed by atoms with van der Waals surface area (Å²) in [5.41, 5.74) is 1.93. The van der Waals surface area contributed by atoms with Gasteiger partial charge in [0.15, 0.2) is 0 Å². The van der Waals surface area contributed by atoms with Crippen molar-refractivity contribution in [2.45, 2.75) is 33.0 Å². The number of urea groups is 1. The average molecular weight is 397 g/mol. The van der Waals surface area contributed by atoms with E-state index < -0.39 is 6.04 Å². The summed E-state index contributed by atoms with van der Waals surface area (Å²) in [4.78, 5) is 29.3. The van der Waals surface area contributed by atoms with Gasteiger partial charge in [0, 0.05) is 6.54 Å². The summed E-state index contributed by atoms with van der Waals surface area (Å²) in [7, 11) is 0. The highest BCUT2D eigenvalue weighted by molar-refractivity contribution is 7.18. The lowest BCUT2D eigenvalue weighted by Crippen LogP contribution is -2.52. The first kappa shape index (κ1) is 19.8. The Balaban J connectivity index is 1.53. The Morgan fingerprint density at radius 1 is 0.964 bits per heavy atom. The van der Waals surface area contributed by atoms with E-state index in [0.717, 1.165) is 20.8 Å². The fraction of sp³-hybridized carbons (Fsp3) is 0.286. The molecule has 3 rings (SSSR count). The zero-order chi connectivity index (χ0) is 19.9. The molecule has 3 amide bonds. The Bertz CT molecular complexity index is 907. The lowest BCUT2D eigenvalue weighted by atomic mass is 10.0. The van der Waals surface area contributed by atoms with Gasteiger partial charge in [-0.25, -0.2) is 9.78 Å². The van der Waals surface area contributed by atoms with Crippen molar-refractivity contribution in [2.24, 2.45) is 5.92 Å². The maximum absolute atomic E-state index is 12.6. The van der Waals surface area contributed by atoms with Gasteiger partial charge in [-0.3, -0.25) is 4.79 Å². The van der Waals surface area contributed by atoms with Gasteiger partial charge < -0.3 is 16.0 Å². The van der Waals surface area contributed by atoms with E-state index in [2.05, 4.69) is 20.9 Å². The summed E-state index contributed by atoms with van der Waals surface area (Å²) in [6, 6.07) is 16.5.